The lowest BCUT2D eigenvalue weighted by atomic mass is 10.2. The maximum atomic E-state index is 12.0. The number of rotatable bonds is 7. The van der Waals surface area contributed by atoms with Gasteiger partial charge in [0.2, 0.25) is 0 Å². The number of nitrogens with zero attached hydrogens (tertiary/aromatic N) is 2. The fraction of sp³-hybridized carbons (Fsp3) is 0.714. The summed E-state index contributed by atoms with van der Waals surface area (Å²) in [4.78, 5) is 28.2. The molecular formula is C14H27N5O2. The zero-order valence-electron chi connectivity index (χ0n) is 13.6. The van der Waals surface area contributed by atoms with Crippen LogP contribution in [0.4, 0.5) is 11.5 Å². The Bertz CT molecular complexity index is 574. The first-order valence-corrected chi connectivity index (χ1v) is 7.26. The minimum atomic E-state index is -0.464. The minimum absolute atomic E-state index is 0.0841. The lowest BCUT2D eigenvalue weighted by molar-refractivity contribution is 0.390. The number of H-pyrrole nitrogens is 1. The summed E-state index contributed by atoms with van der Waals surface area (Å²) < 4.78 is 1.41. The van der Waals surface area contributed by atoms with Crippen LogP contribution in [0.1, 0.15) is 27.2 Å². The van der Waals surface area contributed by atoms with E-state index < -0.39 is 11.2 Å². The maximum absolute atomic E-state index is 12.0. The molecule has 7 heteroatoms. The van der Waals surface area contributed by atoms with Gasteiger partial charge in [-0.2, -0.15) is 0 Å². The number of aromatic amines is 1. The predicted octanol–water partition coefficient (Wildman–Crippen LogP) is 0.527. The van der Waals surface area contributed by atoms with Crippen molar-refractivity contribution in [3.05, 3.63) is 20.8 Å². The molecule has 1 unspecified atom stereocenters. The Hall–Kier alpha value is -1.76. The molecule has 0 fully saturated rings. The smallest absolute Gasteiger partial charge is 0.330 e. The summed E-state index contributed by atoms with van der Waals surface area (Å²) in [5.41, 5.74) is 5.36. The molecule has 0 aliphatic rings. The summed E-state index contributed by atoms with van der Waals surface area (Å²) in [5.74, 6) is 0.462. The second kappa shape index (κ2) is 7.31. The van der Waals surface area contributed by atoms with Gasteiger partial charge >= 0.3 is 5.69 Å². The van der Waals surface area contributed by atoms with Gasteiger partial charge in [-0.25, -0.2) is 4.79 Å². The second-order valence-corrected chi connectivity index (χ2v) is 6.16. The molecule has 0 saturated carbocycles. The number of nitrogen functional groups attached to an aromatic ring is 1. The molecule has 0 aliphatic carbocycles. The molecule has 0 spiro atoms. The Balaban J connectivity index is 3.01. The lowest BCUT2D eigenvalue weighted by Crippen LogP contribution is -2.36. The highest BCUT2D eigenvalue weighted by Gasteiger charge is 2.15. The number of hydrogen-bond acceptors (Lipinski definition) is 5. The summed E-state index contributed by atoms with van der Waals surface area (Å²) >= 11 is 0. The first-order valence-electron chi connectivity index (χ1n) is 7.26. The molecule has 0 aromatic carbocycles. The highest BCUT2D eigenvalue weighted by Crippen LogP contribution is 2.13. The fourth-order valence-corrected chi connectivity index (χ4v) is 2.04. The van der Waals surface area contributed by atoms with E-state index in [9.17, 15) is 9.59 Å². The van der Waals surface area contributed by atoms with Crippen molar-refractivity contribution in [3.63, 3.8) is 0 Å². The Morgan fingerprint density at radius 3 is 2.43 bits per heavy atom. The number of nitrogens with two attached hydrogens (primary N) is 1. The minimum Gasteiger partial charge on any atom is -0.383 e. The van der Waals surface area contributed by atoms with Crippen LogP contribution in [0.2, 0.25) is 0 Å². The van der Waals surface area contributed by atoms with Crippen LogP contribution in [0, 0.1) is 5.92 Å². The van der Waals surface area contributed by atoms with Crippen molar-refractivity contribution >= 4 is 11.5 Å². The number of hydrogen-bond donors (Lipinski definition) is 3. The van der Waals surface area contributed by atoms with Crippen molar-refractivity contribution in [1.29, 1.82) is 0 Å². The van der Waals surface area contributed by atoms with Gasteiger partial charge in [0.25, 0.3) is 5.56 Å². The molecule has 0 bridgehead atoms. The molecule has 0 saturated heterocycles. The molecule has 4 N–H and O–H groups in total. The predicted molar refractivity (Wildman–Crippen MR) is 86.8 cm³/mol. The maximum Gasteiger partial charge on any atom is 0.330 e. The molecule has 21 heavy (non-hydrogen) atoms. The van der Waals surface area contributed by atoms with Crippen LogP contribution in [0.25, 0.3) is 0 Å². The van der Waals surface area contributed by atoms with E-state index in [1.807, 2.05) is 34.9 Å². The van der Waals surface area contributed by atoms with Gasteiger partial charge in [0.15, 0.2) is 0 Å². The molecule has 1 heterocycles. The van der Waals surface area contributed by atoms with Crippen molar-refractivity contribution in [1.82, 2.24) is 14.5 Å². The second-order valence-electron chi connectivity index (χ2n) is 6.16. The average Bonchev–Trinajstić information content (AvgIpc) is 2.37. The van der Waals surface area contributed by atoms with E-state index >= 15 is 0 Å². The molecule has 7 nitrogen and oxygen atoms in total. The van der Waals surface area contributed by atoms with Gasteiger partial charge < -0.3 is 16.0 Å². The van der Waals surface area contributed by atoms with Gasteiger partial charge in [0, 0.05) is 12.6 Å². The molecular weight excluding hydrogens is 270 g/mol. The van der Waals surface area contributed by atoms with Crippen LogP contribution in [-0.4, -0.2) is 41.1 Å². The van der Waals surface area contributed by atoms with Crippen LogP contribution in [0.3, 0.4) is 0 Å². The average molecular weight is 297 g/mol. The number of nitrogens with one attached hydrogen (secondary N) is 2. The van der Waals surface area contributed by atoms with E-state index in [-0.39, 0.29) is 23.5 Å². The molecule has 0 radical (unpaired) electrons. The molecule has 1 rings (SSSR count). The first-order chi connectivity index (χ1) is 9.72. The van der Waals surface area contributed by atoms with Gasteiger partial charge in [0.1, 0.15) is 11.5 Å². The molecule has 1 aromatic rings. The molecule has 0 amide bonds. The number of aromatic nitrogens is 2. The zero-order valence-corrected chi connectivity index (χ0v) is 13.6. The van der Waals surface area contributed by atoms with E-state index in [1.165, 1.54) is 4.57 Å². The van der Waals surface area contributed by atoms with Crippen molar-refractivity contribution in [3.8, 4) is 0 Å². The summed E-state index contributed by atoms with van der Waals surface area (Å²) in [5, 5.41) is 3.12. The molecule has 0 aliphatic heterocycles. The van der Waals surface area contributed by atoms with E-state index in [1.54, 1.807) is 0 Å². The zero-order chi connectivity index (χ0) is 16.2. The Kier molecular flexibility index (Phi) is 6.02. The normalized spacial score (nSPS) is 12.9. The van der Waals surface area contributed by atoms with Gasteiger partial charge in [-0.15, -0.1) is 0 Å². The van der Waals surface area contributed by atoms with Crippen molar-refractivity contribution < 1.29 is 0 Å². The van der Waals surface area contributed by atoms with Gasteiger partial charge in [-0.05, 0) is 39.9 Å². The summed E-state index contributed by atoms with van der Waals surface area (Å²) in [6, 6.07) is 0.0841. The van der Waals surface area contributed by atoms with E-state index in [0.29, 0.717) is 6.54 Å². The van der Waals surface area contributed by atoms with E-state index in [4.69, 9.17) is 5.73 Å². The van der Waals surface area contributed by atoms with Crippen LogP contribution >= 0.6 is 0 Å². The van der Waals surface area contributed by atoms with Gasteiger partial charge in [-0.1, -0.05) is 13.8 Å². The lowest BCUT2D eigenvalue weighted by Gasteiger charge is -2.20. The van der Waals surface area contributed by atoms with Crippen molar-refractivity contribution in [2.75, 3.05) is 31.7 Å². The largest absolute Gasteiger partial charge is 0.383 e. The Labute approximate surface area is 125 Å². The summed E-state index contributed by atoms with van der Waals surface area (Å²) in [7, 11) is 3.99. The summed E-state index contributed by atoms with van der Waals surface area (Å²) in [6.07, 6.45) is 0.870. The van der Waals surface area contributed by atoms with Crippen LogP contribution in [0.15, 0.2) is 9.59 Å². The fourth-order valence-electron chi connectivity index (χ4n) is 2.04. The SMILES string of the molecule is CC(C)Cn1c(N)c(NC(C)CCN(C)C)c(=O)[nH]c1=O. The van der Waals surface area contributed by atoms with Crippen molar-refractivity contribution in [2.45, 2.75) is 39.8 Å². The first kappa shape index (κ1) is 17.3. The monoisotopic (exact) mass is 297 g/mol. The number of anilines is 2. The topological polar surface area (TPSA) is 96.2 Å². The quantitative estimate of drug-likeness (QED) is 0.682. The van der Waals surface area contributed by atoms with Crippen LogP contribution in [0.5, 0.6) is 0 Å². The third kappa shape index (κ3) is 4.93. The Morgan fingerprint density at radius 1 is 1.29 bits per heavy atom. The van der Waals surface area contributed by atoms with Crippen LogP contribution < -0.4 is 22.3 Å². The third-order valence-corrected chi connectivity index (χ3v) is 3.19. The van der Waals surface area contributed by atoms with Gasteiger partial charge in [0.05, 0.1) is 0 Å². The standard InChI is InChI=1S/C14H27N5O2/c1-9(2)8-19-12(15)11(13(20)17-14(19)21)16-10(3)6-7-18(4)5/h9-10,16H,6-8,15H2,1-5H3,(H,17,20,21). The highest BCUT2D eigenvalue weighted by molar-refractivity contribution is 5.60. The van der Waals surface area contributed by atoms with Crippen LogP contribution in [-0.2, 0) is 6.54 Å². The van der Waals surface area contributed by atoms with Crippen molar-refractivity contribution in [2.24, 2.45) is 5.92 Å². The third-order valence-electron chi connectivity index (χ3n) is 3.19. The van der Waals surface area contributed by atoms with E-state index in [0.717, 1.165) is 13.0 Å². The van der Waals surface area contributed by atoms with E-state index in [2.05, 4.69) is 15.2 Å². The Morgan fingerprint density at radius 2 is 1.90 bits per heavy atom. The molecule has 1 aromatic heterocycles. The van der Waals surface area contributed by atoms with Gasteiger partial charge in [-0.3, -0.25) is 14.3 Å². The summed E-state index contributed by atoms with van der Waals surface area (Å²) in [6.45, 7) is 7.34. The highest BCUT2D eigenvalue weighted by atomic mass is 16.2. The molecule has 1 atom stereocenters. The molecule has 120 valence electrons.